The van der Waals surface area contributed by atoms with Crippen LogP contribution in [0.3, 0.4) is 0 Å². The van der Waals surface area contributed by atoms with Crippen molar-refractivity contribution >= 4 is 22.7 Å². The maximum absolute atomic E-state index is 12.7. The average molecular weight is 451 g/mol. The van der Waals surface area contributed by atoms with E-state index < -0.39 is 6.04 Å². The van der Waals surface area contributed by atoms with Crippen LogP contribution in [0.25, 0.3) is 10.9 Å². The summed E-state index contributed by atoms with van der Waals surface area (Å²) < 4.78 is 12.8. The Morgan fingerprint density at radius 1 is 1.12 bits per heavy atom. The maximum atomic E-state index is 12.7. The highest BCUT2D eigenvalue weighted by molar-refractivity contribution is 5.88. The molecule has 1 atom stereocenters. The molecule has 174 valence electrons. The highest BCUT2D eigenvalue weighted by Crippen LogP contribution is 2.24. The number of carbonyl (C=O) groups excluding carboxylic acids is 2. The number of hydrogen-bond acceptors (Lipinski definition) is 5. The zero-order chi connectivity index (χ0) is 23.2. The Labute approximate surface area is 193 Å². The van der Waals surface area contributed by atoms with Gasteiger partial charge in [0, 0.05) is 50.5 Å². The molecular weight excluding hydrogens is 420 g/mol. The van der Waals surface area contributed by atoms with Crippen molar-refractivity contribution < 1.29 is 19.1 Å². The van der Waals surface area contributed by atoms with Crippen molar-refractivity contribution in [3.05, 3.63) is 60.3 Å². The molecule has 2 heterocycles. The van der Waals surface area contributed by atoms with Gasteiger partial charge in [-0.15, -0.1) is 0 Å². The fourth-order valence-electron chi connectivity index (χ4n) is 4.26. The minimum absolute atomic E-state index is 0.110. The molecule has 4 rings (SSSR count). The predicted molar refractivity (Wildman–Crippen MR) is 126 cm³/mol. The van der Waals surface area contributed by atoms with Crippen LogP contribution in [0.5, 0.6) is 11.5 Å². The Bertz CT molecular complexity index is 1100. The quantitative estimate of drug-likeness (QED) is 0.522. The van der Waals surface area contributed by atoms with Gasteiger partial charge in [0.2, 0.25) is 11.8 Å². The first-order valence-electron chi connectivity index (χ1n) is 11.1. The minimum atomic E-state index is -0.525. The van der Waals surface area contributed by atoms with Gasteiger partial charge in [-0.1, -0.05) is 18.2 Å². The van der Waals surface area contributed by atoms with Crippen LogP contribution in [0.2, 0.25) is 0 Å². The van der Waals surface area contributed by atoms with Crippen LogP contribution in [0.4, 0.5) is 0 Å². The van der Waals surface area contributed by atoms with E-state index in [9.17, 15) is 9.59 Å². The predicted octanol–water partition coefficient (Wildman–Crippen LogP) is 2.17. The lowest BCUT2D eigenvalue weighted by Gasteiger charge is -2.34. The fourth-order valence-corrected chi connectivity index (χ4v) is 4.26. The van der Waals surface area contributed by atoms with Gasteiger partial charge in [0.25, 0.3) is 0 Å². The Morgan fingerprint density at radius 2 is 1.88 bits per heavy atom. The monoisotopic (exact) mass is 450 g/mol. The molecule has 8 nitrogen and oxygen atoms in total. The Kier molecular flexibility index (Phi) is 7.14. The van der Waals surface area contributed by atoms with Crippen LogP contribution >= 0.6 is 0 Å². The first-order valence-corrected chi connectivity index (χ1v) is 11.1. The zero-order valence-corrected chi connectivity index (χ0v) is 19.0. The van der Waals surface area contributed by atoms with Gasteiger partial charge in [-0.25, -0.2) is 0 Å². The summed E-state index contributed by atoms with van der Waals surface area (Å²) in [5.74, 6) is 1.12. The highest BCUT2D eigenvalue weighted by Gasteiger charge is 2.31. The summed E-state index contributed by atoms with van der Waals surface area (Å²) in [7, 11) is 3.22. The van der Waals surface area contributed by atoms with Crippen molar-refractivity contribution in [1.82, 2.24) is 20.1 Å². The second-order valence-corrected chi connectivity index (χ2v) is 8.12. The van der Waals surface area contributed by atoms with Gasteiger partial charge in [-0.3, -0.25) is 14.5 Å². The summed E-state index contributed by atoms with van der Waals surface area (Å²) >= 11 is 0. The van der Waals surface area contributed by atoms with E-state index in [2.05, 4.69) is 33.4 Å². The third-order valence-electron chi connectivity index (χ3n) is 5.97. The minimum Gasteiger partial charge on any atom is -0.497 e. The van der Waals surface area contributed by atoms with Gasteiger partial charge in [-0.05, 0) is 35.2 Å². The van der Waals surface area contributed by atoms with Crippen LogP contribution < -0.4 is 20.1 Å². The van der Waals surface area contributed by atoms with Gasteiger partial charge in [-0.2, -0.15) is 0 Å². The molecule has 1 saturated heterocycles. The molecule has 0 saturated carbocycles. The molecule has 2 N–H and O–H groups in total. The molecule has 1 unspecified atom stereocenters. The molecule has 2 amide bonds. The van der Waals surface area contributed by atoms with Crippen LogP contribution in [0.1, 0.15) is 12.0 Å². The third kappa shape index (κ3) is 5.46. The number of piperazine rings is 1. The number of ether oxygens (including phenoxy) is 2. The molecule has 0 aliphatic carbocycles. The molecule has 0 radical (unpaired) electrons. The van der Waals surface area contributed by atoms with E-state index in [1.807, 2.05) is 41.4 Å². The molecule has 1 aromatic heterocycles. The second-order valence-electron chi connectivity index (χ2n) is 8.12. The fraction of sp³-hybridized carbons (Fsp3) is 0.360. The average Bonchev–Trinajstić information content (AvgIpc) is 3.24. The van der Waals surface area contributed by atoms with E-state index in [1.54, 1.807) is 14.2 Å². The third-order valence-corrected chi connectivity index (χ3v) is 5.97. The van der Waals surface area contributed by atoms with Gasteiger partial charge in [0.05, 0.1) is 26.7 Å². The first-order chi connectivity index (χ1) is 16.1. The summed E-state index contributed by atoms with van der Waals surface area (Å²) in [6, 6.07) is 15.3. The standard InChI is InChI=1S/C25H30N4O4/c1-32-20-13-18(14-21(15-20)33-2)17-29-12-9-27-25(31)23(29)16-24(30)26-8-11-28-10-7-19-5-3-4-6-22(19)28/h3-7,10,13-15,23H,8-9,11-12,16-17H2,1-2H3,(H,26,30)(H,27,31). The topological polar surface area (TPSA) is 84.8 Å². The number of nitrogens with one attached hydrogen (secondary N) is 2. The Balaban J connectivity index is 1.36. The number of carbonyl (C=O) groups is 2. The van der Waals surface area contributed by atoms with Crippen molar-refractivity contribution in [2.75, 3.05) is 33.9 Å². The molecule has 33 heavy (non-hydrogen) atoms. The van der Waals surface area contributed by atoms with Crippen LogP contribution in [-0.2, 0) is 22.7 Å². The van der Waals surface area contributed by atoms with E-state index in [-0.39, 0.29) is 18.2 Å². The van der Waals surface area contributed by atoms with E-state index in [0.29, 0.717) is 44.2 Å². The van der Waals surface area contributed by atoms with Gasteiger partial charge in [0.1, 0.15) is 11.5 Å². The Morgan fingerprint density at radius 3 is 2.64 bits per heavy atom. The number of hydrogen-bond donors (Lipinski definition) is 2. The maximum Gasteiger partial charge on any atom is 0.237 e. The van der Waals surface area contributed by atoms with Crippen molar-refractivity contribution in [3.8, 4) is 11.5 Å². The molecule has 3 aromatic rings. The molecule has 0 spiro atoms. The lowest BCUT2D eigenvalue weighted by atomic mass is 10.1. The SMILES string of the molecule is COc1cc(CN2CCNC(=O)C2CC(=O)NCCn2ccc3ccccc32)cc(OC)c1. The van der Waals surface area contributed by atoms with Crippen LogP contribution in [-0.4, -0.2) is 61.2 Å². The summed E-state index contributed by atoms with van der Waals surface area (Å²) in [4.78, 5) is 27.3. The number of aromatic nitrogens is 1. The lowest BCUT2D eigenvalue weighted by molar-refractivity contribution is -0.134. The summed E-state index contributed by atoms with van der Waals surface area (Å²) in [6.07, 6.45) is 2.13. The van der Waals surface area contributed by atoms with Gasteiger partial charge in [0.15, 0.2) is 0 Å². The molecule has 0 bridgehead atoms. The summed E-state index contributed by atoms with van der Waals surface area (Å²) in [5, 5.41) is 7.02. The highest BCUT2D eigenvalue weighted by atomic mass is 16.5. The number of fused-ring (bicyclic) bond motifs is 1. The van der Waals surface area contributed by atoms with Crippen molar-refractivity contribution in [1.29, 1.82) is 0 Å². The van der Waals surface area contributed by atoms with E-state index in [0.717, 1.165) is 11.1 Å². The smallest absolute Gasteiger partial charge is 0.237 e. The van der Waals surface area contributed by atoms with Crippen LogP contribution in [0.15, 0.2) is 54.7 Å². The van der Waals surface area contributed by atoms with Gasteiger partial charge < -0.3 is 24.7 Å². The normalized spacial score (nSPS) is 16.4. The molecule has 2 aromatic carbocycles. The molecule has 8 heteroatoms. The molecule has 1 aliphatic heterocycles. The number of para-hydroxylation sites is 1. The largest absolute Gasteiger partial charge is 0.497 e. The number of rotatable bonds is 9. The van der Waals surface area contributed by atoms with Crippen molar-refractivity contribution in [2.24, 2.45) is 0 Å². The van der Waals surface area contributed by atoms with E-state index in [1.165, 1.54) is 5.39 Å². The molecule has 1 aliphatic rings. The lowest BCUT2D eigenvalue weighted by Crippen LogP contribution is -2.56. The first kappa shape index (κ1) is 22.7. The van der Waals surface area contributed by atoms with Gasteiger partial charge >= 0.3 is 0 Å². The van der Waals surface area contributed by atoms with Crippen molar-refractivity contribution in [3.63, 3.8) is 0 Å². The number of benzene rings is 2. The number of amides is 2. The molecule has 1 fully saturated rings. The number of nitrogens with zero attached hydrogens (tertiary/aromatic N) is 2. The van der Waals surface area contributed by atoms with E-state index >= 15 is 0 Å². The number of methoxy groups -OCH3 is 2. The van der Waals surface area contributed by atoms with Crippen LogP contribution in [0, 0.1) is 0 Å². The zero-order valence-electron chi connectivity index (χ0n) is 19.0. The summed E-state index contributed by atoms with van der Waals surface area (Å²) in [5.41, 5.74) is 2.10. The van der Waals surface area contributed by atoms with E-state index in [4.69, 9.17) is 9.47 Å². The second kappa shape index (κ2) is 10.4. The molecular formula is C25H30N4O4. The Hall–Kier alpha value is -3.52. The van der Waals surface area contributed by atoms with Crippen molar-refractivity contribution in [2.45, 2.75) is 25.6 Å². The summed E-state index contributed by atoms with van der Waals surface area (Å²) in [6.45, 7) is 2.91.